The van der Waals surface area contributed by atoms with Crippen LogP contribution < -0.4 is 9.47 Å². The number of esters is 1. The molecule has 1 aliphatic rings. The fourth-order valence-corrected chi connectivity index (χ4v) is 4.52. The first-order chi connectivity index (χ1) is 16.3. The number of thiocarbonyl (C=S) groups is 1. The maximum atomic E-state index is 12.8. The molecule has 0 aliphatic carbocycles. The molecule has 1 aliphatic heterocycles. The highest BCUT2D eigenvalue weighted by Gasteiger charge is 2.31. The zero-order valence-corrected chi connectivity index (χ0v) is 21.8. The van der Waals surface area contributed by atoms with Crippen molar-refractivity contribution in [2.24, 2.45) is 0 Å². The molecule has 0 unspecified atom stereocenters. The van der Waals surface area contributed by atoms with Gasteiger partial charge in [0.05, 0.1) is 18.6 Å². The van der Waals surface area contributed by atoms with E-state index >= 15 is 0 Å². The number of benzene rings is 1. The monoisotopic (exact) mass is 508 g/mol. The van der Waals surface area contributed by atoms with Crippen LogP contribution in [0.2, 0.25) is 0 Å². The van der Waals surface area contributed by atoms with Crippen molar-refractivity contribution in [2.75, 3.05) is 40.0 Å². The number of thioether (sulfide) groups is 1. The largest absolute Gasteiger partial charge is 0.493 e. The molecule has 1 aromatic rings. The molecule has 8 nitrogen and oxygen atoms in total. The Labute approximate surface area is 210 Å². The molecule has 0 atom stereocenters. The Morgan fingerprint density at radius 2 is 1.91 bits per heavy atom. The highest BCUT2D eigenvalue weighted by atomic mass is 32.2. The van der Waals surface area contributed by atoms with Gasteiger partial charge in [0.15, 0.2) is 18.1 Å². The molecular formula is C24H32N2O6S2. The van der Waals surface area contributed by atoms with Gasteiger partial charge >= 0.3 is 5.97 Å². The van der Waals surface area contributed by atoms with E-state index in [4.69, 9.17) is 26.4 Å². The Bertz CT molecular complexity index is 930. The van der Waals surface area contributed by atoms with E-state index in [1.807, 2.05) is 20.8 Å². The van der Waals surface area contributed by atoms with Crippen LogP contribution >= 0.6 is 24.0 Å². The van der Waals surface area contributed by atoms with Crippen molar-refractivity contribution in [1.29, 1.82) is 0 Å². The molecule has 34 heavy (non-hydrogen) atoms. The molecule has 2 amide bonds. The van der Waals surface area contributed by atoms with Crippen molar-refractivity contribution in [3.8, 4) is 11.5 Å². The average molecular weight is 509 g/mol. The van der Waals surface area contributed by atoms with Crippen LogP contribution in [0.5, 0.6) is 11.5 Å². The van der Waals surface area contributed by atoms with Crippen molar-refractivity contribution in [1.82, 2.24) is 9.80 Å². The Morgan fingerprint density at radius 1 is 1.18 bits per heavy atom. The molecule has 0 radical (unpaired) electrons. The molecule has 10 heteroatoms. The van der Waals surface area contributed by atoms with Gasteiger partial charge < -0.3 is 19.1 Å². The molecule has 2 rings (SSSR count). The molecule has 0 saturated carbocycles. The normalized spacial score (nSPS) is 14.5. The van der Waals surface area contributed by atoms with Crippen LogP contribution in [-0.2, 0) is 19.1 Å². The number of carbonyl (C=O) groups is 3. The third-order valence-electron chi connectivity index (χ3n) is 5.06. The Morgan fingerprint density at radius 3 is 2.56 bits per heavy atom. The fraction of sp³-hybridized carbons (Fsp3) is 0.500. The molecule has 0 N–H and O–H groups in total. The van der Waals surface area contributed by atoms with Crippen LogP contribution in [-0.4, -0.2) is 71.9 Å². The minimum Gasteiger partial charge on any atom is -0.493 e. The van der Waals surface area contributed by atoms with Gasteiger partial charge in [0.1, 0.15) is 4.32 Å². The summed E-state index contributed by atoms with van der Waals surface area (Å²) in [5.74, 6) is 0.348. The fourth-order valence-electron chi connectivity index (χ4n) is 3.21. The maximum absolute atomic E-state index is 12.8. The van der Waals surface area contributed by atoms with Crippen molar-refractivity contribution in [3.63, 3.8) is 0 Å². The molecule has 0 aromatic heterocycles. The first-order valence-electron chi connectivity index (χ1n) is 11.3. The van der Waals surface area contributed by atoms with E-state index in [-0.39, 0.29) is 30.8 Å². The van der Waals surface area contributed by atoms with Crippen molar-refractivity contribution in [3.05, 3.63) is 28.7 Å². The predicted octanol–water partition coefficient (Wildman–Crippen LogP) is 3.88. The number of hydrogen-bond donors (Lipinski definition) is 0. The molecule has 186 valence electrons. The van der Waals surface area contributed by atoms with E-state index < -0.39 is 0 Å². The van der Waals surface area contributed by atoms with Crippen LogP contribution in [0, 0.1) is 0 Å². The summed E-state index contributed by atoms with van der Waals surface area (Å²) < 4.78 is 16.6. The SMILES string of the molecule is CCCOC(=O)CCCN1C(=O)/C(=C\c2ccc(OCC(=O)N(CC)CC)c(OC)c2)SC1=S. The van der Waals surface area contributed by atoms with Crippen LogP contribution in [0.3, 0.4) is 0 Å². The summed E-state index contributed by atoms with van der Waals surface area (Å²) in [6, 6.07) is 5.24. The van der Waals surface area contributed by atoms with E-state index in [1.54, 1.807) is 29.2 Å². The van der Waals surface area contributed by atoms with Gasteiger partial charge in [-0.2, -0.15) is 0 Å². The third kappa shape index (κ3) is 7.73. The predicted molar refractivity (Wildman–Crippen MR) is 137 cm³/mol. The van der Waals surface area contributed by atoms with Crippen molar-refractivity contribution in [2.45, 2.75) is 40.0 Å². The first kappa shape index (κ1) is 27.7. The number of rotatable bonds is 13. The van der Waals surface area contributed by atoms with Gasteiger partial charge in [-0.25, -0.2) is 0 Å². The maximum Gasteiger partial charge on any atom is 0.305 e. The summed E-state index contributed by atoms with van der Waals surface area (Å²) in [7, 11) is 1.52. The highest BCUT2D eigenvalue weighted by molar-refractivity contribution is 8.26. The summed E-state index contributed by atoms with van der Waals surface area (Å²) in [4.78, 5) is 40.4. The number of amides is 2. The third-order valence-corrected chi connectivity index (χ3v) is 6.43. The lowest BCUT2D eigenvalue weighted by molar-refractivity contribution is -0.144. The first-order valence-corrected chi connectivity index (χ1v) is 12.6. The lowest BCUT2D eigenvalue weighted by Crippen LogP contribution is -2.34. The van der Waals surface area contributed by atoms with Gasteiger partial charge in [-0.05, 0) is 50.5 Å². The molecule has 0 spiro atoms. The highest BCUT2D eigenvalue weighted by Crippen LogP contribution is 2.35. The second-order valence-corrected chi connectivity index (χ2v) is 9.10. The number of carbonyl (C=O) groups excluding carboxylic acids is 3. The molecule has 0 bridgehead atoms. The quantitative estimate of drug-likeness (QED) is 0.226. The van der Waals surface area contributed by atoms with Crippen molar-refractivity contribution >= 4 is 52.2 Å². The summed E-state index contributed by atoms with van der Waals surface area (Å²) in [6.45, 7) is 7.70. The number of methoxy groups -OCH3 is 1. The van der Waals surface area contributed by atoms with Gasteiger partial charge in [0, 0.05) is 26.1 Å². The van der Waals surface area contributed by atoms with E-state index in [0.29, 0.717) is 53.4 Å². The second-order valence-electron chi connectivity index (χ2n) is 7.42. The average Bonchev–Trinajstić information content (AvgIpc) is 3.09. The zero-order chi connectivity index (χ0) is 25.1. The summed E-state index contributed by atoms with van der Waals surface area (Å²) in [5.41, 5.74) is 0.739. The van der Waals surface area contributed by atoms with Crippen LogP contribution in [0.15, 0.2) is 23.1 Å². The summed E-state index contributed by atoms with van der Waals surface area (Å²) in [6.07, 6.45) is 3.24. The molecule has 1 fully saturated rings. The van der Waals surface area contributed by atoms with Crippen LogP contribution in [0.4, 0.5) is 0 Å². The van der Waals surface area contributed by atoms with E-state index in [0.717, 1.165) is 12.0 Å². The molecule has 1 heterocycles. The molecule has 1 aromatic carbocycles. The standard InChI is InChI=1S/C24H32N2O6S2/c1-5-13-31-22(28)9-8-12-26-23(29)20(34-24(26)33)15-17-10-11-18(19(14-17)30-4)32-16-21(27)25(6-2)7-3/h10-11,14-15H,5-9,12-13,16H2,1-4H3/b20-15+. The smallest absolute Gasteiger partial charge is 0.305 e. The molecule has 1 saturated heterocycles. The minimum absolute atomic E-state index is 0.0813. The lowest BCUT2D eigenvalue weighted by atomic mass is 10.2. The second kappa shape index (κ2) is 14.0. The summed E-state index contributed by atoms with van der Waals surface area (Å²) >= 11 is 6.58. The van der Waals surface area contributed by atoms with E-state index in [9.17, 15) is 14.4 Å². The Balaban J connectivity index is 2.01. The van der Waals surface area contributed by atoms with Crippen LogP contribution in [0.1, 0.15) is 45.6 Å². The number of nitrogens with zero attached hydrogens (tertiary/aromatic N) is 2. The Kier molecular flexibility index (Phi) is 11.4. The van der Waals surface area contributed by atoms with Gasteiger partial charge in [0.25, 0.3) is 11.8 Å². The van der Waals surface area contributed by atoms with E-state index in [2.05, 4.69) is 0 Å². The number of likely N-dealkylation sites (N-methyl/N-ethyl adjacent to an activating group) is 1. The zero-order valence-electron chi connectivity index (χ0n) is 20.1. The minimum atomic E-state index is -0.268. The van der Waals surface area contributed by atoms with Gasteiger partial charge in [-0.15, -0.1) is 0 Å². The van der Waals surface area contributed by atoms with Gasteiger partial charge in [0.2, 0.25) is 0 Å². The number of ether oxygens (including phenoxy) is 3. The van der Waals surface area contributed by atoms with Gasteiger partial charge in [-0.3, -0.25) is 19.3 Å². The lowest BCUT2D eigenvalue weighted by Gasteiger charge is -2.19. The number of hydrogen-bond acceptors (Lipinski definition) is 8. The van der Waals surface area contributed by atoms with Crippen LogP contribution in [0.25, 0.3) is 6.08 Å². The summed E-state index contributed by atoms with van der Waals surface area (Å²) in [5, 5.41) is 0. The van der Waals surface area contributed by atoms with E-state index in [1.165, 1.54) is 23.8 Å². The topological polar surface area (TPSA) is 85.4 Å². The molecular weight excluding hydrogens is 476 g/mol. The Hall–Kier alpha value is -2.59. The van der Waals surface area contributed by atoms with Gasteiger partial charge in [-0.1, -0.05) is 37.0 Å². The van der Waals surface area contributed by atoms with Crippen molar-refractivity contribution < 1.29 is 28.6 Å².